The zero-order valence-electron chi connectivity index (χ0n) is 22.7. The second kappa shape index (κ2) is 11.3. The molecule has 0 bridgehead atoms. The van der Waals surface area contributed by atoms with Gasteiger partial charge in [-0.2, -0.15) is 10.4 Å². The number of fused-ring (bicyclic) bond motifs is 2. The second-order valence-corrected chi connectivity index (χ2v) is 9.94. The van der Waals surface area contributed by atoms with Gasteiger partial charge in [0, 0.05) is 29.1 Å². The summed E-state index contributed by atoms with van der Waals surface area (Å²) in [6, 6.07) is 21.9. The van der Waals surface area contributed by atoms with E-state index in [1.807, 2.05) is 16.8 Å². The third kappa shape index (κ3) is 5.17. The number of nitrogen functional groups attached to an aromatic ring is 1. The van der Waals surface area contributed by atoms with E-state index in [4.69, 9.17) is 25.0 Å². The molecule has 1 fully saturated rings. The van der Waals surface area contributed by atoms with E-state index in [0.717, 1.165) is 44.9 Å². The molecular formula is C32H29N5O4. The molecule has 0 saturated carbocycles. The first-order valence-electron chi connectivity index (χ1n) is 13.6. The third-order valence-electron chi connectivity index (χ3n) is 7.41. The standard InChI is InChI=1S/C32H29N5O4/c1-2-40-31(38)16-25-23(17-33)4-3-5-30(25)41-19-28-27-15-22(8-9-29(27)37(36-28)24-11-13-39-18-24)21-7-6-20-10-12-35-32(34)26(20)14-21/h3-10,12,14-15,24H,2,11,13,16,18-19H2,1H3,(H2,34,35). The van der Waals surface area contributed by atoms with E-state index in [9.17, 15) is 10.1 Å². The van der Waals surface area contributed by atoms with Gasteiger partial charge in [0.05, 0.1) is 42.8 Å². The van der Waals surface area contributed by atoms with Crippen molar-refractivity contribution in [2.75, 3.05) is 25.6 Å². The van der Waals surface area contributed by atoms with Gasteiger partial charge in [0.2, 0.25) is 0 Å². The van der Waals surface area contributed by atoms with Gasteiger partial charge >= 0.3 is 5.97 Å². The Morgan fingerprint density at radius 3 is 2.76 bits per heavy atom. The minimum atomic E-state index is -0.410. The summed E-state index contributed by atoms with van der Waals surface area (Å²) in [5.74, 6) is 0.538. The average Bonchev–Trinajstić information content (AvgIpc) is 3.65. The molecule has 9 heteroatoms. The highest BCUT2D eigenvalue weighted by Crippen LogP contribution is 2.33. The summed E-state index contributed by atoms with van der Waals surface area (Å²) in [6.07, 6.45) is 2.54. The topological polar surface area (TPSA) is 125 Å². The molecule has 6 rings (SSSR count). The molecule has 2 aromatic heterocycles. The fourth-order valence-corrected chi connectivity index (χ4v) is 5.35. The lowest BCUT2D eigenvalue weighted by atomic mass is 10.00. The first-order chi connectivity index (χ1) is 20.1. The minimum Gasteiger partial charge on any atom is -0.487 e. The number of ether oxygens (including phenoxy) is 3. The van der Waals surface area contributed by atoms with Crippen LogP contribution >= 0.6 is 0 Å². The van der Waals surface area contributed by atoms with Crippen molar-refractivity contribution in [3.05, 3.63) is 83.7 Å². The predicted octanol–water partition coefficient (Wildman–Crippen LogP) is 5.35. The van der Waals surface area contributed by atoms with Gasteiger partial charge in [-0.15, -0.1) is 0 Å². The fourth-order valence-electron chi connectivity index (χ4n) is 5.35. The number of anilines is 1. The van der Waals surface area contributed by atoms with Crippen LogP contribution in [0.2, 0.25) is 0 Å². The summed E-state index contributed by atoms with van der Waals surface area (Å²) in [6.45, 7) is 3.46. The smallest absolute Gasteiger partial charge is 0.310 e. The van der Waals surface area contributed by atoms with Gasteiger partial charge in [-0.3, -0.25) is 9.48 Å². The molecule has 1 atom stereocenters. The van der Waals surface area contributed by atoms with Crippen molar-refractivity contribution in [2.24, 2.45) is 0 Å². The zero-order valence-corrected chi connectivity index (χ0v) is 22.7. The van der Waals surface area contributed by atoms with Crippen LogP contribution in [0.4, 0.5) is 5.82 Å². The Hall–Kier alpha value is -4.94. The molecule has 9 nitrogen and oxygen atoms in total. The number of benzene rings is 3. The number of nitrogens with two attached hydrogens (primary N) is 1. The van der Waals surface area contributed by atoms with E-state index >= 15 is 0 Å². The van der Waals surface area contributed by atoms with Crippen molar-refractivity contribution >= 4 is 33.5 Å². The van der Waals surface area contributed by atoms with Crippen molar-refractivity contribution in [3.63, 3.8) is 0 Å². The molecular weight excluding hydrogens is 518 g/mol. The highest BCUT2D eigenvalue weighted by molar-refractivity contribution is 5.95. The van der Waals surface area contributed by atoms with E-state index in [0.29, 0.717) is 35.9 Å². The molecule has 0 radical (unpaired) electrons. The quantitative estimate of drug-likeness (QED) is 0.258. The van der Waals surface area contributed by atoms with Crippen LogP contribution in [0.5, 0.6) is 5.75 Å². The molecule has 41 heavy (non-hydrogen) atoms. The Morgan fingerprint density at radius 2 is 1.98 bits per heavy atom. The Labute approximate surface area is 237 Å². The molecule has 5 aromatic rings. The number of nitriles is 1. The normalized spacial score (nSPS) is 14.8. The number of pyridine rings is 1. The number of nitrogens with zero attached hydrogens (tertiary/aromatic N) is 4. The number of aromatic nitrogens is 3. The van der Waals surface area contributed by atoms with Crippen LogP contribution in [0.3, 0.4) is 0 Å². The lowest BCUT2D eigenvalue weighted by Crippen LogP contribution is -2.12. The maximum atomic E-state index is 12.3. The van der Waals surface area contributed by atoms with Crippen molar-refractivity contribution < 1.29 is 19.0 Å². The summed E-state index contributed by atoms with van der Waals surface area (Å²) >= 11 is 0. The summed E-state index contributed by atoms with van der Waals surface area (Å²) in [5, 5.41) is 17.5. The predicted molar refractivity (Wildman–Crippen MR) is 155 cm³/mol. The summed E-state index contributed by atoms with van der Waals surface area (Å²) in [7, 11) is 0. The van der Waals surface area contributed by atoms with E-state index in [1.165, 1.54) is 0 Å². The average molecular weight is 548 g/mol. The Balaban J connectivity index is 1.39. The highest BCUT2D eigenvalue weighted by Gasteiger charge is 2.23. The Morgan fingerprint density at radius 1 is 1.15 bits per heavy atom. The van der Waals surface area contributed by atoms with Crippen molar-refractivity contribution in [3.8, 4) is 22.9 Å². The number of carbonyl (C=O) groups is 1. The molecule has 0 aliphatic carbocycles. The summed E-state index contributed by atoms with van der Waals surface area (Å²) in [4.78, 5) is 16.5. The lowest BCUT2D eigenvalue weighted by Gasteiger charge is -2.12. The van der Waals surface area contributed by atoms with Gasteiger partial charge in [0.15, 0.2) is 0 Å². The van der Waals surface area contributed by atoms with Crippen LogP contribution in [0.1, 0.15) is 36.2 Å². The second-order valence-electron chi connectivity index (χ2n) is 9.94. The van der Waals surface area contributed by atoms with Gasteiger partial charge in [0.25, 0.3) is 0 Å². The van der Waals surface area contributed by atoms with Gasteiger partial charge in [-0.25, -0.2) is 4.98 Å². The maximum absolute atomic E-state index is 12.3. The van der Waals surface area contributed by atoms with E-state index in [-0.39, 0.29) is 25.7 Å². The van der Waals surface area contributed by atoms with Crippen LogP contribution in [0.25, 0.3) is 32.8 Å². The molecule has 206 valence electrons. The van der Waals surface area contributed by atoms with Crippen LogP contribution in [0, 0.1) is 11.3 Å². The van der Waals surface area contributed by atoms with Gasteiger partial charge in [-0.05, 0) is 66.3 Å². The van der Waals surface area contributed by atoms with Crippen LogP contribution in [0.15, 0.2) is 66.9 Å². The molecule has 3 heterocycles. The monoisotopic (exact) mass is 547 g/mol. The molecule has 1 aliphatic heterocycles. The van der Waals surface area contributed by atoms with E-state index in [2.05, 4.69) is 41.4 Å². The molecule has 1 unspecified atom stereocenters. The van der Waals surface area contributed by atoms with Crippen molar-refractivity contribution in [1.29, 1.82) is 5.26 Å². The van der Waals surface area contributed by atoms with Crippen LogP contribution in [-0.2, 0) is 27.3 Å². The first-order valence-corrected chi connectivity index (χ1v) is 13.6. The van der Waals surface area contributed by atoms with Gasteiger partial charge < -0.3 is 19.9 Å². The number of carbonyl (C=O) groups excluding carboxylic acids is 1. The Bertz CT molecular complexity index is 1800. The van der Waals surface area contributed by atoms with E-state index < -0.39 is 5.97 Å². The molecule has 0 spiro atoms. The van der Waals surface area contributed by atoms with Crippen molar-refractivity contribution in [1.82, 2.24) is 14.8 Å². The fraction of sp³-hybridized carbons (Fsp3) is 0.250. The molecule has 1 saturated heterocycles. The Kier molecular flexibility index (Phi) is 7.23. The molecule has 2 N–H and O–H groups in total. The highest BCUT2D eigenvalue weighted by atomic mass is 16.5. The largest absolute Gasteiger partial charge is 0.487 e. The minimum absolute atomic E-state index is 0.0500. The molecule has 0 amide bonds. The van der Waals surface area contributed by atoms with Crippen LogP contribution < -0.4 is 10.5 Å². The van der Waals surface area contributed by atoms with Gasteiger partial charge in [0.1, 0.15) is 23.9 Å². The van der Waals surface area contributed by atoms with E-state index in [1.54, 1.807) is 31.3 Å². The summed E-state index contributed by atoms with van der Waals surface area (Å²) in [5.41, 5.74) is 10.8. The number of rotatable bonds is 8. The zero-order chi connectivity index (χ0) is 28.3. The maximum Gasteiger partial charge on any atom is 0.310 e. The molecule has 3 aromatic carbocycles. The number of esters is 1. The third-order valence-corrected chi connectivity index (χ3v) is 7.41. The SMILES string of the molecule is CCOC(=O)Cc1c(C#N)cccc1OCc1nn(C2CCOC2)c2ccc(-c3ccc4ccnc(N)c4c3)cc12. The number of hydrogen-bond acceptors (Lipinski definition) is 8. The first kappa shape index (κ1) is 26.3. The number of hydrogen-bond donors (Lipinski definition) is 1. The van der Waals surface area contributed by atoms with Crippen LogP contribution in [-0.4, -0.2) is 40.6 Å². The molecule has 1 aliphatic rings. The van der Waals surface area contributed by atoms with Crippen molar-refractivity contribution in [2.45, 2.75) is 32.4 Å². The van der Waals surface area contributed by atoms with Gasteiger partial charge in [-0.1, -0.05) is 24.3 Å². The summed E-state index contributed by atoms with van der Waals surface area (Å²) < 4.78 is 19.1. The lowest BCUT2D eigenvalue weighted by molar-refractivity contribution is -0.142.